The summed E-state index contributed by atoms with van der Waals surface area (Å²) in [4.78, 5) is 2.41. The summed E-state index contributed by atoms with van der Waals surface area (Å²) >= 11 is 0. The Morgan fingerprint density at radius 2 is 1.72 bits per heavy atom. The number of unbranched alkanes of at least 4 members (excludes halogenated alkanes) is 2. The Labute approximate surface area is 113 Å². The molecule has 106 valence electrons. The smallest absolute Gasteiger partial charge is 0.107 e. The summed E-state index contributed by atoms with van der Waals surface area (Å²) in [6, 6.07) is 0. The van der Waals surface area contributed by atoms with Crippen molar-refractivity contribution in [3.63, 3.8) is 0 Å². The van der Waals surface area contributed by atoms with E-state index in [1.807, 2.05) is 0 Å². The van der Waals surface area contributed by atoms with Crippen molar-refractivity contribution in [1.29, 1.82) is 0 Å². The second-order valence-electron chi connectivity index (χ2n) is 4.70. The van der Waals surface area contributed by atoms with Crippen molar-refractivity contribution in [3.05, 3.63) is 0 Å². The Bertz CT molecular complexity index is 222. The molecule has 1 atom stereocenters. The minimum absolute atomic E-state index is 0.365. The molecule has 0 rings (SSSR count). The van der Waals surface area contributed by atoms with Crippen LogP contribution < -0.4 is 0 Å². The molecule has 0 bridgehead atoms. The van der Waals surface area contributed by atoms with Gasteiger partial charge in [-0.15, -0.1) is 0 Å². The first-order chi connectivity index (χ1) is 8.70. The van der Waals surface area contributed by atoms with Crippen molar-refractivity contribution >= 4 is 0 Å². The van der Waals surface area contributed by atoms with Crippen LogP contribution in [0.3, 0.4) is 0 Å². The van der Waals surface area contributed by atoms with E-state index in [0.29, 0.717) is 13.2 Å². The van der Waals surface area contributed by atoms with E-state index < -0.39 is 6.10 Å². The van der Waals surface area contributed by atoms with Crippen LogP contribution in [0.1, 0.15) is 46.5 Å². The van der Waals surface area contributed by atoms with Crippen LogP contribution in [0, 0.1) is 11.8 Å². The third-order valence-electron chi connectivity index (χ3n) is 2.62. The number of aliphatic hydroxyl groups is 1. The van der Waals surface area contributed by atoms with Crippen molar-refractivity contribution in [1.82, 2.24) is 4.90 Å². The van der Waals surface area contributed by atoms with Gasteiger partial charge >= 0.3 is 0 Å². The van der Waals surface area contributed by atoms with Crippen LogP contribution in [0.2, 0.25) is 0 Å². The van der Waals surface area contributed by atoms with Gasteiger partial charge < -0.3 is 9.84 Å². The fourth-order valence-electron chi connectivity index (χ4n) is 1.53. The molecule has 0 aromatic heterocycles. The molecule has 3 nitrogen and oxygen atoms in total. The Kier molecular flexibility index (Phi) is 12.5. The van der Waals surface area contributed by atoms with E-state index >= 15 is 0 Å². The highest BCUT2D eigenvalue weighted by molar-refractivity contribution is 5.01. The molecule has 0 heterocycles. The number of ether oxygens (including phenoxy) is 1. The fraction of sp³-hybridized carbons (Fsp3) is 0.867. The minimum atomic E-state index is -0.405. The van der Waals surface area contributed by atoms with Crippen molar-refractivity contribution < 1.29 is 9.84 Å². The number of aliphatic hydroxyl groups excluding tert-OH is 1. The Morgan fingerprint density at radius 1 is 1.11 bits per heavy atom. The third-order valence-corrected chi connectivity index (χ3v) is 2.62. The maximum Gasteiger partial charge on any atom is 0.107 e. The third kappa shape index (κ3) is 11.9. The molecule has 0 radical (unpaired) electrons. The highest BCUT2D eigenvalue weighted by Crippen LogP contribution is 1.98. The molecule has 0 aromatic rings. The molecule has 0 fully saturated rings. The first kappa shape index (κ1) is 17.4. The molecule has 0 saturated carbocycles. The van der Waals surface area contributed by atoms with Gasteiger partial charge in [0.05, 0.1) is 19.3 Å². The molecular formula is C15H29NO2. The Balaban J connectivity index is 3.75. The molecule has 0 aliphatic heterocycles. The van der Waals surface area contributed by atoms with Crippen LogP contribution in [0.5, 0.6) is 0 Å². The van der Waals surface area contributed by atoms with E-state index in [9.17, 15) is 0 Å². The minimum Gasteiger partial charge on any atom is -0.391 e. The molecule has 0 spiro atoms. The maximum absolute atomic E-state index is 9.01. The zero-order chi connectivity index (χ0) is 13.6. The first-order valence-electron chi connectivity index (χ1n) is 7.14. The summed E-state index contributed by atoms with van der Waals surface area (Å²) in [5, 5.41) is 9.01. The predicted molar refractivity (Wildman–Crippen MR) is 76.5 cm³/mol. The largest absolute Gasteiger partial charge is 0.391 e. The average Bonchev–Trinajstić information content (AvgIpc) is 2.35. The van der Waals surface area contributed by atoms with E-state index in [-0.39, 0.29) is 0 Å². The summed E-state index contributed by atoms with van der Waals surface area (Å²) in [5.41, 5.74) is 0. The molecule has 0 amide bonds. The molecule has 1 unspecified atom stereocenters. The van der Waals surface area contributed by atoms with Gasteiger partial charge in [0.15, 0.2) is 0 Å². The van der Waals surface area contributed by atoms with Gasteiger partial charge in [-0.25, -0.2) is 0 Å². The maximum atomic E-state index is 9.01. The van der Waals surface area contributed by atoms with E-state index in [0.717, 1.165) is 19.6 Å². The van der Waals surface area contributed by atoms with Crippen molar-refractivity contribution in [2.45, 2.75) is 52.6 Å². The summed E-state index contributed by atoms with van der Waals surface area (Å²) < 4.78 is 5.20. The lowest BCUT2D eigenvalue weighted by Gasteiger charge is -2.18. The van der Waals surface area contributed by atoms with Gasteiger partial charge in [0.1, 0.15) is 6.61 Å². The fourth-order valence-corrected chi connectivity index (χ4v) is 1.53. The van der Waals surface area contributed by atoms with Gasteiger partial charge in [-0.05, 0) is 32.9 Å². The highest BCUT2D eigenvalue weighted by Gasteiger charge is 2.00. The summed E-state index contributed by atoms with van der Waals surface area (Å²) in [6.07, 6.45) is 4.53. The average molecular weight is 255 g/mol. The lowest BCUT2D eigenvalue weighted by molar-refractivity contribution is 0.0621. The zero-order valence-electron chi connectivity index (χ0n) is 12.2. The molecule has 0 saturated heterocycles. The van der Waals surface area contributed by atoms with Gasteiger partial charge in [-0.2, -0.15) is 0 Å². The van der Waals surface area contributed by atoms with Crippen molar-refractivity contribution in [2.24, 2.45) is 0 Å². The molecule has 18 heavy (non-hydrogen) atoms. The van der Waals surface area contributed by atoms with Crippen molar-refractivity contribution in [2.75, 3.05) is 32.8 Å². The summed E-state index contributed by atoms with van der Waals surface area (Å²) in [7, 11) is 0. The lowest BCUT2D eigenvalue weighted by atomic mass is 10.2. The summed E-state index contributed by atoms with van der Waals surface area (Å²) in [6.45, 7) is 10.0. The number of rotatable bonds is 10. The van der Waals surface area contributed by atoms with Gasteiger partial charge in [0.25, 0.3) is 0 Å². The second kappa shape index (κ2) is 12.9. The normalized spacial score (nSPS) is 12.3. The predicted octanol–water partition coefficient (Wildman–Crippen LogP) is 2.29. The van der Waals surface area contributed by atoms with Crippen LogP contribution >= 0.6 is 0 Å². The quantitative estimate of drug-likeness (QED) is 0.480. The highest BCUT2D eigenvalue weighted by atomic mass is 16.5. The van der Waals surface area contributed by atoms with Gasteiger partial charge in [0, 0.05) is 0 Å². The molecule has 0 aliphatic carbocycles. The number of hydrogen-bond donors (Lipinski definition) is 1. The van der Waals surface area contributed by atoms with E-state index in [4.69, 9.17) is 9.84 Å². The Morgan fingerprint density at radius 3 is 2.22 bits per heavy atom. The van der Waals surface area contributed by atoms with E-state index in [1.54, 1.807) is 6.92 Å². The standard InChI is InChI=1S/C15H29NO2/c1-4-6-10-16(11-7-5-2)12-8-9-13-18-14-15(3)17/h15,17H,4-7,10-14H2,1-3H3. The van der Waals surface area contributed by atoms with Crippen LogP contribution in [0.25, 0.3) is 0 Å². The van der Waals surface area contributed by atoms with Crippen LogP contribution in [-0.4, -0.2) is 49.0 Å². The summed E-state index contributed by atoms with van der Waals surface area (Å²) in [5.74, 6) is 6.15. The zero-order valence-corrected chi connectivity index (χ0v) is 12.2. The lowest BCUT2D eigenvalue weighted by Crippen LogP contribution is -2.26. The molecule has 0 aromatic carbocycles. The number of nitrogens with zero attached hydrogens (tertiary/aromatic N) is 1. The topological polar surface area (TPSA) is 32.7 Å². The first-order valence-corrected chi connectivity index (χ1v) is 7.14. The van der Waals surface area contributed by atoms with E-state index in [1.165, 1.54) is 25.7 Å². The second-order valence-corrected chi connectivity index (χ2v) is 4.70. The van der Waals surface area contributed by atoms with Crippen LogP contribution in [0.15, 0.2) is 0 Å². The van der Waals surface area contributed by atoms with Crippen molar-refractivity contribution in [3.8, 4) is 11.8 Å². The van der Waals surface area contributed by atoms with Crippen LogP contribution in [-0.2, 0) is 4.74 Å². The Hall–Kier alpha value is -0.560. The van der Waals surface area contributed by atoms with E-state index in [2.05, 4.69) is 30.6 Å². The molecular weight excluding hydrogens is 226 g/mol. The molecule has 1 N–H and O–H groups in total. The molecule has 3 heteroatoms. The van der Waals surface area contributed by atoms with Gasteiger partial charge in [-0.1, -0.05) is 38.5 Å². The molecule has 0 aliphatic rings. The SMILES string of the molecule is CCCCN(CC#CCOCC(C)O)CCCC. The number of hydrogen-bond acceptors (Lipinski definition) is 3. The monoisotopic (exact) mass is 255 g/mol. The van der Waals surface area contributed by atoms with Gasteiger partial charge in [0.2, 0.25) is 0 Å². The van der Waals surface area contributed by atoms with Gasteiger partial charge in [-0.3, -0.25) is 4.90 Å². The van der Waals surface area contributed by atoms with Crippen LogP contribution in [0.4, 0.5) is 0 Å².